The Morgan fingerprint density at radius 3 is 2.20 bits per heavy atom. The number of methoxy groups -OCH3 is 1. The molecule has 0 aromatic carbocycles. The third-order valence-electron chi connectivity index (χ3n) is 5.81. The normalized spacial score (nSPS) is 26.8. The Morgan fingerprint density at radius 1 is 1.12 bits per heavy atom. The average Bonchev–Trinajstić information content (AvgIpc) is 3.05. The molecule has 142 valence electrons. The van der Waals surface area contributed by atoms with Crippen molar-refractivity contribution in [3.63, 3.8) is 0 Å². The first-order chi connectivity index (χ1) is 11.9. The topological polar surface area (TPSA) is 113 Å². The average molecular weight is 355 g/mol. The van der Waals surface area contributed by atoms with Gasteiger partial charge in [0.15, 0.2) is 0 Å². The molecule has 7 heteroatoms. The zero-order valence-electron chi connectivity index (χ0n) is 14.8. The van der Waals surface area contributed by atoms with Crippen LogP contribution in [0.25, 0.3) is 0 Å². The second-order valence-electron chi connectivity index (χ2n) is 7.54. The van der Waals surface area contributed by atoms with Crippen molar-refractivity contribution >= 4 is 17.8 Å². The fourth-order valence-corrected chi connectivity index (χ4v) is 4.29. The summed E-state index contributed by atoms with van der Waals surface area (Å²) in [7, 11) is 1.47. The van der Waals surface area contributed by atoms with Crippen LogP contribution in [-0.4, -0.2) is 47.8 Å². The van der Waals surface area contributed by atoms with Gasteiger partial charge in [0.2, 0.25) is 5.91 Å². The summed E-state index contributed by atoms with van der Waals surface area (Å²) in [6, 6.07) is -0.00808. The quantitative estimate of drug-likeness (QED) is 0.614. The molecule has 2 saturated carbocycles. The molecular formula is C18H29NO6. The number of rotatable bonds is 8. The molecule has 2 fully saturated rings. The first-order valence-electron chi connectivity index (χ1n) is 9.13. The van der Waals surface area contributed by atoms with E-state index in [1.165, 1.54) is 7.11 Å². The highest BCUT2D eigenvalue weighted by Crippen LogP contribution is 2.44. The Balaban J connectivity index is 1.98. The molecule has 1 atom stereocenters. The summed E-state index contributed by atoms with van der Waals surface area (Å²) < 4.78 is 5.02. The number of carbonyl (C=O) groups is 3. The van der Waals surface area contributed by atoms with E-state index in [1.54, 1.807) is 0 Å². The second kappa shape index (κ2) is 8.65. The van der Waals surface area contributed by atoms with Gasteiger partial charge in [0, 0.05) is 13.2 Å². The SMILES string of the molecule is COCC(CC1(C(=O)N[C@H]2CC[C@@H](C(=O)O)CC2)CCCC1)C(=O)O. The van der Waals surface area contributed by atoms with E-state index >= 15 is 0 Å². The van der Waals surface area contributed by atoms with Crippen molar-refractivity contribution < 1.29 is 29.3 Å². The maximum Gasteiger partial charge on any atom is 0.308 e. The van der Waals surface area contributed by atoms with E-state index in [-0.39, 0.29) is 24.5 Å². The number of hydrogen-bond donors (Lipinski definition) is 3. The lowest BCUT2D eigenvalue weighted by molar-refractivity contribution is -0.146. The lowest BCUT2D eigenvalue weighted by Crippen LogP contribution is -2.47. The molecular weight excluding hydrogens is 326 g/mol. The monoisotopic (exact) mass is 355 g/mol. The first kappa shape index (κ1) is 19.7. The van der Waals surface area contributed by atoms with Gasteiger partial charge in [-0.1, -0.05) is 12.8 Å². The van der Waals surface area contributed by atoms with Crippen LogP contribution >= 0.6 is 0 Å². The van der Waals surface area contributed by atoms with E-state index in [4.69, 9.17) is 9.84 Å². The molecule has 25 heavy (non-hydrogen) atoms. The minimum Gasteiger partial charge on any atom is -0.481 e. The predicted octanol–water partition coefficient (Wildman–Crippen LogP) is 2.04. The molecule has 7 nitrogen and oxygen atoms in total. The number of amides is 1. The van der Waals surface area contributed by atoms with Crippen LogP contribution in [0.15, 0.2) is 0 Å². The number of ether oxygens (including phenoxy) is 1. The van der Waals surface area contributed by atoms with Gasteiger partial charge in [-0.15, -0.1) is 0 Å². The highest BCUT2D eigenvalue weighted by molar-refractivity contribution is 5.84. The molecule has 0 bridgehead atoms. The van der Waals surface area contributed by atoms with Crippen molar-refractivity contribution in [2.45, 2.75) is 63.8 Å². The summed E-state index contributed by atoms with van der Waals surface area (Å²) in [4.78, 5) is 35.5. The Bertz CT molecular complexity index is 492. The van der Waals surface area contributed by atoms with Crippen LogP contribution in [0.3, 0.4) is 0 Å². The van der Waals surface area contributed by atoms with E-state index in [9.17, 15) is 19.5 Å². The molecule has 0 radical (unpaired) electrons. The summed E-state index contributed by atoms with van der Waals surface area (Å²) in [5.74, 6) is -2.75. The Hall–Kier alpha value is -1.63. The predicted molar refractivity (Wildman–Crippen MR) is 90.0 cm³/mol. The number of carboxylic acid groups (broad SMARTS) is 2. The van der Waals surface area contributed by atoms with Crippen LogP contribution in [0.5, 0.6) is 0 Å². The summed E-state index contributed by atoms with van der Waals surface area (Å²) in [5.41, 5.74) is -0.634. The van der Waals surface area contributed by atoms with E-state index in [0.717, 1.165) is 12.8 Å². The number of aliphatic carboxylic acids is 2. The van der Waals surface area contributed by atoms with Gasteiger partial charge in [0.05, 0.1) is 23.9 Å². The van der Waals surface area contributed by atoms with Gasteiger partial charge in [-0.05, 0) is 44.9 Å². The van der Waals surface area contributed by atoms with Gasteiger partial charge in [-0.25, -0.2) is 0 Å². The molecule has 0 saturated heterocycles. The molecule has 0 aromatic heterocycles. The summed E-state index contributed by atoms with van der Waals surface area (Å²) in [6.45, 7) is 0.105. The largest absolute Gasteiger partial charge is 0.481 e. The molecule has 0 aliphatic heterocycles. The van der Waals surface area contributed by atoms with E-state index in [2.05, 4.69) is 5.32 Å². The van der Waals surface area contributed by atoms with Gasteiger partial charge in [0.25, 0.3) is 0 Å². The van der Waals surface area contributed by atoms with E-state index in [1.807, 2.05) is 0 Å². The van der Waals surface area contributed by atoms with Crippen molar-refractivity contribution in [3.8, 4) is 0 Å². The van der Waals surface area contributed by atoms with Crippen molar-refractivity contribution in [2.24, 2.45) is 17.3 Å². The highest BCUT2D eigenvalue weighted by Gasteiger charge is 2.44. The van der Waals surface area contributed by atoms with Crippen LogP contribution < -0.4 is 5.32 Å². The van der Waals surface area contributed by atoms with Crippen molar-refractivity contribution in [2.75, 3.05) is 13.7 Å². The van der Waals surface area contributed by atoms with E-state index in [0.29, 0.717) is 44.9 Å². The van der Waals surface area contributed by atoms with Gasteiger partial charge >= 0.3 is 11.9 Å². The molecule has 0 aromatic rings. The number of carbonyl (C=O) groups excluding carboxylic acids is 1. The zero-order valence-corrected chi connectivity index (χ0v) is 14.8. The summed E-state index contributed by atoms with van der Waals surface area (Å²) in [6.07, 6.45) is 6.05. The van der Waals surface area contributed by atoms with Gasteiger partial charge < -0.3 is 20.3 Å². The fourth-order valence-electron chi connectivity index (χ4n) is 4.29. The molecule has 1 unspecified atom stereocenters. The molecule has 1 amide bonds. The number of carboxylic acids is 2. The highest BCUT2D eigenvalue weighted by atomic mass is 16.5. The Labute approximate surface area is 148 Å². The van der Waals surface area contributed by atoms with Crippen molar-refractivity contribution in [1.29, 1.82) is 0 Å². The van der Waals surface area contributed by atoms with Gasteiger partial charge in [0.1, 0.15) is 0 Å². The summed E-state index contributed by atoms with van der Waals surface area (Å²) in [5, 5.41) is 21.5. The summed E-state index contributed by atoms with van der Waals surface area (Å²) >= 11 is 0. The number of hydrogen-bond acceptors (Lipinski definition) is 4. The maximum absolute atomic E-state index is 13.0. The molecule has 0 spiro atoms. The smallest absolute Gasteiger partial charge is 0.308 e. The van der Waals surface area contributed by atoms with Crippen molar-refractivity contribution in [3.05, 3.63) is 0 Å². The molecule has 2 aliphatic rings. The molecule has 2 rings (SSSR count). The lowest BCUT2D eigenvalue weighted by Gasteiger charge is -2.34. The van der Waals surface area contributed by atoms with E-state index < -0.39 is 23.3 Å². The zero-order chi connectivity index (χ0) is 18.4. The maximum atomic E-state index is 13.0. The minimum absolute atomic E-state index is 0.00808. The van der Waals surface area contributed by atoms with Crippen molar-refractivity contribution in [1.82, 2.24) is 5.32 Å². The number of nitrogens with one attached hydrogen (secondary N) is 1. The van der Waals surface area contributed by atoms with Crippen LogP contribution in [0.1, 0.15) is 57.8 Å². The Kier molecular flexibility index (Phi) is 6.81. The van der Waals surface area contributed by atoms with Crippen LogP contribution in [0, 0.1) is 17.3 Å². The van der Waals surface area contributed by atoms with Crippen LogP contribution in [-0.2, 0) is 19.1 Å². The minimum atomic E-state index is -0.928. The lowest BCUT2D eigenvalue weighted by atomic mass is 9.76. The first-order valence-corrected chi connectivity index (χ1v) is 9.13. The standard InChI is InChI=1S/C18H29NO6/c1-25-11-13(16(22)23)10-18(8-2-3-9-18)17(24)19-14-6-4-12(5-7-14)15(20)21/h12-14H,2-11H2,1H3,(H,19,24)(H,20,21)(H,22,23)/t12-,13?,14+. The molecule has 3 N–H and O–H groups in total. The molecule has 0 heterocycles. The van der Waals surface area contributed by atoms with Crippen LogP contribution in [0.2, 0.25) is 0 Å². The van der Waals surface area contributed by atoms with Crippen LogP contribution in [0.4, 0.5) is 0 Å². The second-order valence-corrected chi connectivity index (χ2v) is 7.54. The Morgan fingerprint density at radius 2 is 1.72 bits per heavy atom. The third-order valence-corrected chi connectivity index (χ3v) is 5.81. The third kappa shape index (κ3) is 4.93. The fraction of sp³-hybridized carbons (Fsp3) is 0.833. The van der Waals surface area contributed by atoms with Gasteiger partial charge in [-0.3, -0.25) is 14.4 Å². The molecule has 2 aliphatic carbocycles. The van der Waals surface area contributed by atoms with Gasteiger partial charge in [-0.2, -0.15) is 0 Å².